The molecule has 6 heteroatoms. The van der Waals surface area contributed by atoms with E-state index in [1.54, 1.807) is 10.9 Å². The van der Waals surface area contributed by atoms with Gasteiger partial charge in [-0.25, -0.2) is 4.98 Å². The van der Waals surface area contributed by atoms with Gasteiger partial charge in [-0.2, -0.15) is 0 Å². The van der Waals surface area contributed by atoms with Crippen molar-refractivity contribution in [2.45, 2.75) is 19.5 Å². The quantitative estimate of drug-likeness (QED) is 0.900. The summed E-state index contributed by atoms with van der Waals surface area (Å²) in [7, 11) is 0. The van der Waals surface area contributed by atoms with E-state index < -0.39 is 0 Å². The van der Waals surface area contributed by atoms with Crippen molar-refractivity contribution in [1.29, 1.82) is 0 Å². The molecular weight excluding hydrogens is 342 g/mol. The Bertz CT molecular complexity index is 714. The second-order valence-corrected chi connectivity index (χ2v) is 6.09. The van der Waals surface area contributed by atoms with Crippen LogP contribution in [0.1, 0.15) is 16.8 Å². The van der Waals surface area contributed by atoms with Crippen LogP contribution in [0, 0.1) is 0 Å². The van der Waals surface area contributed by atoms with Gasteiger partial charge in [0.15, 0.2) is 0 Å². The summed E-state index contributed by atoms with van der Waals surface area (Å²) in [5, 5.41) is 3.86. The fraction of sp³-hybridized carbons (Fsp3) is 0.286. The largest absolute Gasteiger partial charge is 0.311 e. The Kier molecular flexibility index (Phi) is 3.92. The van der Waals surface area contributed by atoms with E-state index in [1.165, 1.54) is 0 Å². The summed E-state index contributed by atoms with van der Waals surface area (Å²) in [6.07, 6.45) is 2.34. The number of hydrogen-bond acceptors (Lipinski definition) is 3. The Labute approximate surface area is 129 Å². The van der Waals surface area contributed by atoms with Crippen LogP contribution in [-0.4, -0.2) is 16.1 Å². The van der Waals surface area contributed by atoms with Crippen LogP contribution in [0.3, 0.4) is 0 Å². The molecule has 0 saturated carbocycles. The van der Waals surface area contributed by atoms with Crippen molar-refractivity contribution in [1.82, 2.24) is 14.9 Å². The van der Waals surface area contributed by atoms with E-state index in [0.717, 1.165) is 34.3 Å². The molecule has 104 valence electrons. The van der Waals surface area contributed by atoms with Gasteiger partial charge < -0.3 is 5.32 Å². The van der Waals surface area contributed by atoms with Gasteiger partial charge in [0, 0.05) is 21.6 Å². The lowest BCUT2D eigenvalue weighted by molar-refractivity contribution is 0.596. The van der Waals surface area contributed by atoms with Crippen LogP contribution >= 0.6 is 27.5 Å². The van der Waals surface area contributed by atoms with Crippen LogP contribution in [0.4, 0.5) is 0 Å². The van der Waals surface area contributed by atoms with E-state index >= 15 is 0 Å². The smallest absolute Gasteiger partial charge is 0.257 e. The van der Waals surface area contributed by atoms with Crippen LogP contribution in [0.15, 0.2) is 33.8 Å². The van der Waals surface area contributed by atoms with Crippen molar-refractivity contribution in [2.75, 3.05) is 6.54 Å². The van der Waals surface area contributed by atoms with E-state index in [4.69, 9.17) is 11.6 Å². The minimum atomic E-state index is 0.0375. The minimum absolute atomic E-state index is 0.0375. The molecule has 2 aromatic rings. The molecule has 0 saturated heterocycles. The van der Waals surface area contributed by atoms with Gasteiger partial charge in [0.25, 0.3) is 5.56 Å². The first-order valence-electron chi connectivity index (χ1n) is 6.37. The first-order valence-corrected chi connectivity index (χ1v) is 7.54. The first-order chi connectivity index (χ1) is 9.65. The summed E-state index contributed by atoms with van der Waals surface area (Å²) in [4.78, 5) is 16.8. The molecule has 1 N–H and O–H groups in total. The van der Waals surface area contributed by atoms with Crippen molar-refractivity contribution in [2.24, 2.45) is 0 Å². The number of rotatable bonds is 2. The van der Waals surface area contributed by atoms with E-state index in [9.17, 15) is 4.79 Å². The van der Waals surface area contributed by atoms with Crippen molar-refractivity contribution in [3.8, 4) is 0 Å². The lowest BCUT2D eigenvalue weighted by Gasteiger charge is -2.17. The molecule has 0 atom stereocenters. The third-order valence-electron chi connectivity index (χ3n) is 3.42. The van der Waals surface area contributed by atoms with Crippen LogP contribution in [0.2, 0.25) is 5.02 Å². The standard InChI is InChI=1S/C14H13BrClN3O/c15-10-2-1-9(12(16)5-10)7-19-8-18-13-6-17-4-3-11(13)14(19)20/h1-2,5,8,17H,3-4,6-7H2. The summed E-state index contributed by atoms with van der Waals surface area (Å²) >= 11 is 9.57. The van der Waals surface area contributed by atoms with Crippen LogP contribution in [0.5, 0.6) is 0 Å². The number of fused-ring (bicyclic) bond motifs is 1. The monoisotopic (exact) mass is 353 g/mol. The highest BCUT2D eigenvalue weighted by atomic mass is 79.9. The van der Waals surface area contributed by atoms with Crippen molar-refractivity contribution in [3.63, 3.8) is 0 Å². The molecule has 1 aliphatic rings. The van der Waals surface area contributed by atoms with Gasteiger partial charge in [0.05, 0.1) is 18.6 Å². The molecule has 0 aliphatic carbocycles. The molecule has 20 heavy (non-hydrogen) atoms. The molecule has 0 amide bonds. The van der Waals surface area contributed by atoms with Crippen molar-refractivity contribution in [3.05, 3.63) is 61.2 Å². The number of nitrogens with one attached hydrogen (secondary N) is 1. The third kappa shape index (κ3) is 2.66. The number of halogens is 2. The van der Waals surface area contributed by atoms with Crippen LogP contribution in [-0.2, 0) is 19.5 Å². The zero-order valence-electron chi connectivity index (χ0n) is 10.7. The van der Waals surface area contributed by atoms with E-state index in [1.807, 2.05) is 18.2 Å². The summed E-state index contributed by atoms with van der Waals surface area (Å²) in [6, 6.07) is 5.67. The highest BCUT2D eigenvalue weighted by Crippen LogP contribution is 2.21. The molecule has 0 spiro atoms. The molecule has 1 aromatic heterocycles. The lowest BCUT2D eigenvalue weighted by atomic mass is 10.1. The van der Waals surface area contributed by atoms with Gasteiger partial charge in [-0.05, 0) is 30.7 Å². The zero-order chi connectivity index (χ0) is 14.1. The molecular formula is C14H13BrClN3O. The third-order valence-corrected chi connectivity index (χ3v) is 4.27. The predicted octanol–water partition coefficient (Wildman–Crippen LogP) is 2.35. The molecule has 0 bridgehead atoms. The summed E-state index contributed by atoms with van der Waals surface area (Å²) in [5.74, 6) is 0. The van der Waals surface area contributed by atoms with E-state index in [0.29, 0.717) is 18.1 Å². The van der Waals surface area contributed by atoms with Gasteiger partial charge in [-0.3, -0.25) is 9.36 Å². The summed E-state index contributed by atoms with van der Waals surface area (Å²) < 4.78 is 2.55. The Morgan fingerprint density at radius 3 is 3.10 bits per heavy atom. The molecule has 2 heterocycles. The van der Waals surface area contributed by atoms with Gasteiger partial charge in [-0.15, -0.1) is 0 Å². The molecule has 1 aliphatic heterocycles. The molecule has 1 aromatic carbocycles. The maximum atomic E-state index is 12.4. The number of hydrogen-bond donors (Lipinski definition) is 1. The van der Waals surface area contributed by atoms with Crippen molar-refractivity contribution < 1.29 is 0 Å². The SMILES string of the molecule is O=c1c2c(ncn1Cc1ccc(Br)cc1Cl)CNCC2. The average Bonchev–Trinajstić information content (AvgIpc) is 2.45. The normalized spacial score (nSPS) is 14.1. The lowest BCUT2D eigenvalue weighted by Crippen LogP contribution is -2.34. The molecule has 0 radical (unpaired) electrons. The fourth-order valence-corrected chi connectivity index (χ4v) is 3.07. The number of aromatic nitrogens is 2. The topological polar surface area (TPSA) is 46.9 Å². The maximum Gasteiger partial charge on any atom is 0.257 e. The van der Waals surface area contributed by atoms with Crippen LogP contribution < -0.4 is 10.9 Å². The van der Waals surface area contributed by atoms with Gasteiger partial charge in [0.2, 0.25) is 0 Å². The van der Waals surface area contributed by atoms with Crippen molar-refractivity contribution >= 4 is 27.5 Å². The second-order valence-electron chi connectivity index (χ2n) is 4.77. The Morgan fingerprint density at radius 2 is 2.30 bits per heavy atom. The van der Waals surface area contributed by atoms with Crippen LogP contribution in [0.25, 0.3) is 0 Å². The summed E-state index contributed by atoms with van der Waals surface area (Å²) in [5.41, 5.74) is 2.63. The summed E-state index contributed by atoms with van der Waals surface area (Å²) in [6.45, 7) is 1.94. The zero-order valence-corrected chi connectivity index (χ0v) is 13.0. The Hall–Kier alpha value is -1.17. The van der Waals surface area contributed by atoms with Gasteiger partial charge >= 0.3 is 0 Å². The highest BCUT2D eigenvalue weighted by Gasteiger charge is 2.15. The van der Waals surface area contributed by atoms with Gasteiger partial charge in [0.1, 0.15) is 0 Å². The second kappa shape index (κ2) is 5.68. The molecule has 0 unspecified atom stereocenters. The van der Waals surface area contributed by atoms with E-state index in [-0.39, 0.29) is 5.56 Å². The Balaban J connectivity index is 1.97. The molecule has 0 fully saturated rings. The fourth-order valence-electron chi connectivity index (χ4n) is 2.34. The molecule has 4 nitrogen and oxygen atoms in total. The maximum absolute atomic E-state index is 12.4. The average molecular weight is 355 g/mol. The number of benzene rings is 1. The highest BCUT2D eigenvalue weighted by molar-refractivity contribution is 9.10. The predicted molar refractivity (Wildman–Crippen MR) is 82.2 cm³/mol. The minimum Gasteiger partial charge on any atom is -0.311 e. The Morgan fingerprint density at radius 1 is 1.45 bits per heavy atom. The molecule has 3 rings (SSSR count). The van der Waals surface area contributed by atoms with E-state index in [2.05, 4.69) is 26.2 Å². The first kappa shape index (κ1) is 13.8. The number of nitrogens with zero attached hydrogens (tertiary/aromatic N) is 2. The van der Waals surface area contributed by atoms with Gasteiger partial charge in [-0.1, -0.05) is 33.6 Å².